The SMILES string of the molecule is CCCNC(=O)C(Cc1ccccc1)N(Cc1cccc(OC)c1)C(=O)CN(c1ccc2c(c1)OCO2)S(=O)(=O)CC. The van der Waals surface area contributed by atoms with Crippen LogP contribution in [0.3, 0.4) is 0 Å². The number of ether oxygens (including phenoxy) is 3. The van der Waals surface area contributed by atoms with Crippen LogP contribution in [0.4, 0.5) is 5.69 Å². The van der Waals surface area contributed by atoms with E-state index in [1.165, 1.54) is 11.8 Å². The van der Waals surface area contributed by atoms with Gasteiger partial charge in [0, 0.05) is 25.6 Å². The van der Waals surface area contributed by atoms with E-state index >= 15 is 0 Å². The van der Waals surface area contributed by atoms with Gasteiger partial charge < -0.3 is 24.4 Å². The Morgan fingerprint density at radius 3 is 2.40 bits per heavy atom. The summed E-state index contributed by atoms with van der Waals surface area (Å²) < 4.78 is 43.9. The lowest BCUT2D eigenvalue weighted by molar-refractivity contribution is -0.140. The highest BCUT2D eigenvalue weighted by Gasteiger charge is 2.34. The van der Waals surface area contributed by atoms with Crippen molar-refractivity contribution in [3.63, 3.8) is 0 Å². The van der Waals surface area contributed by atoms with Gasteiger partial charge in [-0.05, 0) is 48.7 Å². The fourth-order valence-electron chi connectivity index (χ4n) is 4.65. The minimum absolute atomic E-state index is 0.0284. The quantitative estimate of drug-likeness (QED) is 0.302. The Morgan fingerprint density at radius 2 is 1.69 bits per heavy atom. The Morgan fingerprint density at radius 1 is 0.952 bits per heavy atom. The summed E-state index contributed by atoms with van der Waals surface area (Å²) in [6.45, 7) is 3.49. The first-order chi connectivity index (χ1) is 20.2. The van der Waals surface area contributed by atoms with E-state index in [9.17, 15) is 18.0 Å². The third-order valence-electron chi connectivity index (χ3n) is 6.93. The van der Waals surface area contributed by atoms with Crippen LogP contribution in [0.2, 0.25) is 0 Å². The Labute approximate surface area is 247 Å². The summed E-state index contributed by atoms with van der Waals surface area (Å²) in [5.74, 6) is 0.421. The third-order valence-corrected chi connectivity index (χ3v) is 8.67. The predicted molar refractivity (Wildman–Crippen MR) is 160 cm³/mol. The lowest BCUT2D eigenvalue weighted by Gasteiger charge is -2.33. The Bertz CT molecular complexity index is 1480. The van der Waals surface area contributed by atoms with Gasteiger partial charge in [0.15, 0.2) is 11.5 Å². The molecule has 0 radical (unpaired) electrons. The highest BCUT2D eigenvalue weighted by molar-refractivity contribution is 7.92. The highest BCUT2D eigenvalue weighted by atomic mass is 32.2. The molecule has 0 aliphatic carbocycles. The van der Waals surface area contributed by atoms with Crippen molar-refractivity contribution in [3.05, 3.63) is 83.9 Å². The molecule has 3 aromatic carbocycles. The van der Waals surface area contributed by atoms with Crippen LogP contribution >= 0.6 is 0 Å². The van der Waals surface area contributed by atoms with Gasteiger partial charge in [0.2, 0.25) is 28.6 Å². The minimum Gasteiger partial charge on any atom is -0.497 e. The number of methoxy groups -OCH3 is 1. The highest BCUT2D eigenvalue weighted by Crippen LogP contribution is 2.36. The molecule has 0 saturated heterocycles. The predicted octanol–water partition coefficient (Wildman–Crippen LogP) is 3.75. The number of sulfonamides is 1. The monoisotopic (exact) mass is 595 g/mol. The molecule has 1 atom stereocenters. The standard InChI is InChI=1S/C31H37N3O7S/c1-4-16-32-31(36)27(18-23-10-7-6-8-11-23)33(20-24-12-9-13-26(17-24)39-3)30(35)21-34(42(37,38)5-2)25-14-15-28-29(19-25)41-22-40-28/h6-15,17,19,27H,4-5,16,18,20-22H2,1-3H3,(H,32,36). The Kier molecular flexibility index (Phi) is 10.3. The number of rotatable bonds is 14. The van der Waals surface area contributed by atoms with Gasteiger partial charge in [0.05, 0.1) is 18.6 Å². The normalized spacial score (nSPS) is 12.8. The molecule has 3 aromatic rings. The summed E-state index contributed by atoms with van der Waals surface area (Å²) in [4.78, 5) is 29.3. The number of carbonyl (C=O) groups is 2. The number of hydrogen-bond acceptors (Lipinski definition) is 7. The van der Waals surface area contributed by atoms with E-state index in [2.05, 4.69) is 5.32 Å². The summed E-state index contributed by atoms with van der Waals surface area (Å²) in [5, 5.41) is 2.93. The van der Waals surface area contributed by atoms with Crippen LogP contribution in [0, 0.1) is 0 Å². The topological polar surface area (TPSA) is 114 Å². The summed E-state index contributed by atoms with van der Waals surface area (Å²) in [6.07, 6.45) is 0.969. The van der Waals surface area contributed by atoms with Gasteiger partial charge in [-0.15, -0.1) is 0 Å². The van der Waals surface area contributed by atoms with Gasteiger partial charge in [-0.25, -0.2) is 8.42 Å². The second-order valence-corrected chi connectivity index (χ2v) is 12.0. The molecule has 0 fully saturated rings. The number of benzene rings is 3. The van der Waals surface area contributed by atoms with Crippen LogP contribution in [0.15, 0.2) is 72.8 Å². The zero-order chi connectivity index (χ0) is 30.1. The van der Waals surface area contributed by atoms with Crippen LogP contribution in [-0.4, -0.2) is 63.9 Å². The molecule has 0 aromatic heterocycles. The molecule has 4 rings (SSSR count). The van der Waals surface area contributed by atoms with E-state index in [1.807, 2.05) is 43.3 Å². The van der Waals surface area contributed by atoms with Crippen molar-refractivity contribution < 1.29 is 32.2 Å². The first-order valence-corrected chi connectivity index (χ1v) is 15.5. The zero-order valence-corrected chi connectivity index (χ0v) is 24.9. The van der Waals surface area contributed by atoms with Crippen molar-refractivity contribution in [3.8, 4) is 17.2 Å². The van der Waals surface area contributed by atoms with Crippen molar-refractivity contribution in [1.82, 2.24) is 10.2 Å². The van der Waals surface area contributed by atoms with E-state index in [0.29, 0.717) is 23.8 Å². The summed E-state index contributed by atoms with van der Waals surface area (Å²) in [5.41, 5.74) is 1.87. The molecule has 1 N–H and O–H groups in total. The number of amides is 2. The van der Waals surface area contributed by atoms with Crippen LogP contribution in [0.1, 0.15) is 31.4 Å². The maximum absolute atomic E-state index is 14.2. The number of fused-ring (bicyclic) bond motifs is 1. The summed E-state index contributed by atoms with van der Waals surface area (Å²) in [6, 6.07) is 20.5. The van der Waals surface area contributed by atoms with Gasteiger partial charge in [0.1, 0.15) is 18.3 Å². The second kappa shape index (κ2) is 14.1. The van der Waals surface area contributed by atoms with Crippen LogP contribution < -0.4 is 23.8 Å². The van der Waals surface area contributed by atoms with E-state index in [1.54, 1.807) is 43.5 Å². The van der Waals surface area contributed by atoms with Crippen LogP contribution in [0.5, 0.6) is 17.2 Å². The van der Waals surface area contributed by atoms with Crippen molar-refractivity contribution in [1.29, 1.82) is 0 Å². The average molecular weight is 596 g/mol. The zero-order valence-electron chi connectivity index (χ0n) is 24.1. The number of carbonyl (C=O) groups excluding carboxylic acids is 2. The van der Waals surface area contributed by atoms with Crippen LogP contribution in [-0.2, 0) is 32.6 Å². The molecule has 1 unspecified atom stereocenters. The Hall–Kier alpha value is -4.25. The molecule has 42 heavy (non-hydrogen) atoms. The number of hydrogen-bond donors (Lipinski definition) is 1. The third kappa shape index (κ3) is 7.52. The molecule has 0 spiro atoms. The first-order valence-electron chi connectivity index (χ1n) is 13.9. The van der Waals surface area contributed by atoms with Crippen molar-refractivity contribution in [2.45, 2.75) is 39.3 Å². The average Bonchev–Trinajstić information content (AvgIpc) is 3.49. The van der Waals surface area contributed by atoms with Crippen molar-refractivity contribution in [2.24, 2.45) is 0 Å². The van der Waals surface area contributed by atoms with E-state index in [0.717, 1.165) is 21.9 Å². The summed E-state index contributed by atoms with van der Waals surface area (Å²) >= 11 is 0. The van der Waals surface area contributed by atoms with E-state index in [4.69, 9.17) is 14.2 Å². The van der Waals surface area contributed by atoms with Gasteiger partial charge in [-0.2, -0.15) is 0 Å². The number of anilines is 1. The molecule has 1 aliphatic rings. The smallest absolute Gasteiger partial charge is 0.244 e. The maximum Gasteiger partial charge on any atom is 0.244 e. The maximum atomic E-state index is 14.2. The number of nitrogens with one attached hydrogen (secondary N) is 1. The summed E-state index contributed by atoms with van der Waals surface area (Å²) in [7, 11) is -2.34. The lowest BCUT2D eigenvalue weighted by Crippen LogP contribution is -2.53. The number of nitrogens with zero attached hydrogens (tertiary/aromatic N) is 2. The van der Waals surface area contributed by atoms with Crippen molar-refractivity contribution >= 4 is 27.5 Å². The second-order valence-electron chi connectivity index (χ2n) is 9.81. The fraction of sp³-hybridized carbons (Fsp3) is 0.355. The minimum atomic E-state index is -3.89. The fourth-order valence-corrected chi connectivity index (χ4v) is 5.70. The first kappa shape index (κ1) is 30.7. The molecule has 10 nitrogen and oxygen atoms in total. The molecular formula is C31H37N3O7S. The van der Waals surface area contributed by atoms with E-state index in [-0.39, 0.29) is 37.1 Å². The Balaban J connectivity index is 1.74. The molecule has 1 aliphatic heterocycles. The molecule has 2 amide bonds. The van der Waals surface area contributed by atoms with Gasteiger partial charge in [0.25, 0.3) is 0 Å². The van der Waals surface area contributed by atoms with Gasteiger partial charge in [-0.3, -0.25) is 13.9 Å². The van der Waals surface area contributed by atoms with Crippen LogP contribution in [0.25, 0.3) is 0 Å². The van der Waals surface area contributed by atoms with Gasteiger partial charge in [-0.1, -0.05) is 49.4 Å². The largest absolute Gasteiger partial charge is 0.497 e. The van der Waals surface area contributed by atoms with Gasteiger partial charge >= 0.3 is 0 Å². The molecule has 0 saturated carbocycles. The molecule has 11 heteroatoms. The molecule has 1 heterocycles. The molecule has 224 valence electrons. The lowest BCUT2D eigenvalue weighted by atomic mass is 10.0. The van der Waals surface area contributed by atoms with Crippen molar-refractivity contribution in [2.75, 3.05) is 37.1 Å². The van der Waals surface area contributed by atoms with E-state index < -0.39 is 28.5 Å². The molecular weight excluding hydrogens is 558 g/mol. The molecule has 0 bridgehead atoms.